The normalized spacial score (nSPS) is 12.8. The van der Waals surface area contributed by atoms with Crippen molar-refractivity contribution < 1.29 is 41.8 Å². The Labute approximate surface area is 168 Å². The van der Waals surface area contributed by atoms with Gasteiger partial charge in [0.25, 0.3) is 5.91 Å². The number of carbonyl (C=O) groups is 3. The molecule has 0 fully saturated rings. The summed E-state index contributed by atoms with van der Waals surface area (Å²) in [7, 11) is 0. The summed E-state index contributed by atoms with van der Waals surface area (Å²) in [6.45, 7) is -1.72. The van der Waals surface area contributed by atoms with Crippen LogP contribution in [0.5, 0.6) is 11.5 Å². The van der Waals surface area contributed by atoms with Crippen LogP contribution in [0.25, 0.3) is 0 Å². The fourth-order valence-electron chi connectivity index (χ4n) is 2.66. The number of hydrogen-bond donors (Lipinski definition) is 1. The maximum atomic E-state index is 12.9. The molecule has 158 valence electrons. The van der Waals surface area contributed by atoms with Crippen LogP contribution in [-0.4, -0.2) is 50.2 Å². The Morgan fingerprint density at radius 1 is 0.967 bits per heavy atom. The summed E-state index contributed by atoms with van der Waals surface area (Å²) in [5.41, 5.74) is 0.123. The highest BCUT2D eigenvalue weighted by molar-refractivity contribution is 6.14. The number of hydrogen-bond acceptors (Lipinski definition) is 6. The fraction of sp³-hybridized carbons (Fsp3) is 0.250. The van der Waals surface area contributed by atoms with Crippen LogP contribution >= 0.6 is 0 Å². The molecule has 1 aliphatic rings. The van der Waals surface area contributed by atoms with Crippen molar-refractivity contribution >= 4 is 17.7 Å². The van der Waals surface area contributed by atoms with Gasteiger partial charge in [0.05, 0.1) is 5.56 Å². The quantitative estimate of drug-likeness (QED) is 0.567. The van der Waals surface area contributed by atoms with E-state index in [-0.39, 0.29) is 16.7 Å². The lowest BCUT2D eigenvalue weighted by Gasteiger charge is -2.18. The van der Waals surface area contributed by atoms with Crippen molar-refractivity contribution in [2.75, 3.05) is 26.4 Å². The second-order valence-corrected chi connectivity index (χ2v) is 6.20. The lowest BCUT2D eigenvalue weighted by Crippen LogP contribution is -2.36. The van der Waals surface area contributed by atoms with Crippen LogP contribution < -0.4 is 14.8 Å². The van der Waals surface area contributed by atoms with Gasteiger partial charge in [0, 0.05) is 11.1 Å². The molecule has 1 N–H and O–H groups in total. The SMILES string of the molecule is O=C(COC(=O)c1ccccc1C(=O)c1ccc2c(c1)OCCO2)NCC(F)(F)F. The first-order valence-corrected chi connectivity index (χ1v) is 8.78. The second-order valence-electron chi connectivity index (χ2n) is 6.20. The van der Waals surface area contributed by atoms with Crippen LogP contribution in [0.4, 0.5) is 13.2 Å². The van der Waals surface area contributed by atoms with Crippen molar-refractivity contribution in [3.05, 3.63) is 59.2 Å². The molecule has 2 aromatic carbocycles. The minimum Gasteiger partial charge on any atom is -0.486 e. The molecule has 10 heteroatoms. The molecule has 0 radical (unpaired) electrons. The van der Waals surface area contributed by atoms with E-state index in [0.29, 0.717) is 24.7 Å². The van der Waals surface area contributed by atoms with Gasteiger partial charge >= 0.3 is 12.1 Å². The molecule has 0 aromatic heterocycles. The van der Waals surface area contributed by atoms with E-state index in [1.165, 1.54) is 36.4 Å². The number of rotatable bonds is 6. The first-order valence-electron chi connectivity index (χ1n) is 8.78. The zero-order valence-electron chi connectivity index (χ0n) is 15.5. The van der Waals surface area contributed by atoms with Crippen molar-refractivity contribution in [2.24, 2.45) is 0 Å². The number of fused-ring (bicyclic) bond motifs is 1. The summed E-state index contributed by atoms with van der Waals surface area (Å²) >= 11 is 0. The van der Waals surface area contributed by atoms with Crippen LogP contribution in [0.2, 0.25) is 0 Å². The monoisotopic (exact) mass is 423 g/mol. The van der Waals surface area contributed by atoms with Gasteiger partial charge in [-0.25, -0.2) is 4.79 Å². The highest BCUT2D eigenvalue weighted by Crippen LogP contribution is 2.31. The molecular formula is C20H16F3NO6. The van der Waals surface area contributed by atoms with Crippen molar-refractivity contribution in [2.45, 2.75) is 6.18 Å². The van der Waals surface area contributed by atoms with Gasteiger partial charge < -0.3 is 19.5 Å². The summed E-state index contributed by atoms with van der Waals surface area (Å²) in [4.78, 5) is 36.6. The van der Waals surface area contributed by atoms with Crippen LogP contribution in [0.15, 0.2) is 42.5 Å². The Balaban J connectivity index is 1.71. The largest absolute Gasteiger partial charge is 0.486 e. The third kappa shape index (κ3) is 5.28. The van der Waals surface area contributed by atoms with Crippen molar-refractivity contribution in [1.82, 2.24) is 5.32 Å². The predicted octanol–water partition coefficient (Wildman–Crippen LogP) is 2.52. The number of esters is 1. The van der Waals surface area contributed by atoms with E-state index in [2.05, 4.69) is 0 Å². The van der Waals surface area contributed by atoms with Gasteiger partial charge in [-0.3, -0.25) is 9.59 Å². The Kier molecular flexibility index (Phi) is 6.24. The highest BCUT2D eigenvalue weighted by Gasteiger charge is 2.28. The average Bonchev–Trinajstić information content (AvgIpc) is 2.74. The molecule has 0 saturated heterocycles. The smallest absolute Gasteiger partial charge is 0.405 e. The van der Waals surface area contributed by atoms with Crippen LogP contribution in [0.3, 0.4) is 0 Å². The van der Waals surface area contributed by atoms with Gasteiger partial charge in [0.2, 0.25) is 0 Å². The summed E-state index contributed by atoms with van der Waals surface area (Å²) in [5.74, 6) is -1.74. The van der Waals surface area contributed by atoms with E-state index in [1.54, 1.807) is 11.4 Å². The van der Waals surface area contributed by atoms with Crippen LogP contribution in [0, 0.1) is 0 Å². The minimum atomic E-state index is -4.58. The Morgan fingerprint density at radius 3 is 2.33 bits per heavy atom. The second kappa shape index (κ2) is 8.85. The van der Waals surface area contributed by atoms with Gasteiger partial charge in [0.1, 0.15) is 19.8 Å². The number of alkyl halides is 3. The number of nitrogens with one attached hydrogen (secondary N) is 1. The highest BCUT2D eigenvalue weighted by atomic mass is 19.4. The Morgan fingerprint density at radius 2 is 1.63 bits per heavy atom. The standard InChI is InChI=1S/C20H16F3NO6/c21-20(22,23)11-24-17(25)10-30-19(27)14-4-2-1-3-13(14)18(26)12-5-6-15-16(9-12)29-8-7-28-15/h1-6,9H,7-8,10-11H2,(H,24,25). The van der Waals surface area contributed by atoms with E-state index >= 15 is 0 Å². The lowest BCUT2D eigenvalue weighted by molar-refractivity contribution is -0.140. The fourth-order valence-corrected chi connectivity index (χ4v) is 2.66. The topological polar surface area (TPSA) is 90.9 Å². The summed E-state index contributed by atoms with van der Waals surface area (Å²) in [6, 6.07) is 10.3. The molecule has 0 spiro atoms. The molecular weight excluding hydrogens is 407 g/mol. The first-order chi connectivity index (χ1) is 14.2. The predicted molar refractivity (Wildman–Crippen MR) is 96.7 cm³/mol. The van der Waals surface area contributed by atoms with Gasteiger partial charge in [0.15, 0.2) is 23.9 Å². The molecule has 3 rings (SSSR count). The van der Waals surface area contributed by atoms with Crippen molar-refractivity contribution in [3.63, 3.8) is 0 Å². The number of ketones is 1. The van der Waals surface area contributed by atoms with E-state index in [1.807, 2.05) is 0 Å². The Bertz CT molecular complexity index is 973. The maximum Gasteiger partial charge on any atom is 0.405 e. The molecule has 7 nitrogen and oxygen atoms in total. The number of halogens is 3. The molecule has 1 aliphatic heterocycles. The summed E-state index contributed by atoms with van der Waals surface area (Å²) in [6.07, 6.45) is -4.58. The molecule has 0 aliphatic carbocycles. The van der Waals surface area contributed by atoms with Crippen LogP contribution in [0.1, 0.15) is 26.3 Å². The molecule has 30 heavy (non-hydrogen) atoms. The summed E-state index contributed by atoms with van der Waals surface area (Å²) in [5, 5.41) is 1.59. The first kappa shape index (κ1) is 21.2. The molecule has 1 heterocycles. The molecule has 0 saturated carbocycles. The van der Waals surface area contributed by atoms with E-state index in [4.69, 9.17) is 14.2 Å². The molecule has 1 amide bonds. The average molecular weight is 423 g/mol. The molecule has 0 unspecified atom stereocenters. The third-order valence-electron chi connectivity index (χ3n) is 4.02. The number of amides is 1. The van der Waals surface area contributed by atoms with E-state index in [0.717, 1.165) is 0 Å². The van der Waals surface area contributed by atoms with Gasteiger partial charge in [-0.2, -0.15) is 13.2 Å². The number of benzene rings is 2. The lowest BCUT2D eigenvalue weighted by atomic mass is 9.98. The third-order valence-corrected chi connectivity index (χ3v) is 4.02. The minimum absolute atomic E-state index is 0.00915. The van der Waals surface area contributed by atoms with Gasteiger partial charge in [-0.15, -0.1) is 0 Å². The Hall–Kier alpha value is -3.56. The van der Waals surface area contributed by atoms with Crippen LogP contribution in [-0.2, 0) is 9.53 Å². The van der Waals surface area contributed by atoms with Crippen molar-refractivity contribution in [1.29, 1.82) is 0 Å². The van der Waals surface area contributed by atoms with Crippen molar-refractivity contribution in [3.8, 4) is 11.5 Å². The molecule has 0 atom stereocenters. The molecule has 0 bridgehead atoms. The number of carbonyl (C=O) groups excluding carboxylic acids is 3. The van der Waals surface area contributed by atoms with Gasteiger partial charge in [-0.05, 0) is 24.3 Å². The van der Waals surface area contributed by atoms with Gasteiger partial charge in [-0.1, -0.05) is 18.2 Å². The zero-order chi connectivity index (χ0) is 21.7. The van der Waals surface area contributed by atoms with E-state index in [9.17, 15) is 27.6 Å². The molecule has 2 aromatic rings. The summed E-state index contributed by atoms with van der Waals surface area (Å²) < 4.78 is 51.9. The maximum absolute atomic E-state index is 12.9. The number of ether oxygens (including phenoxy) is 3. The van der Waals surface area contributed by atoms with E-state index < -0.39 is 37.0 Å². The zero-order valence-corrected chi connectivity index (χ0v) is 15.5.